The Bertz CT molecular complexity index is 552. The summed E-state index contributed by atoms with van der Waals surface area (Å²) in [6.45, 7) is 0. The molecule has 1 aromatic heterocycles. The van der Waals surface area contributed by atoms with Crippen molar-refractivity contribution < 1.29 is 9.34 Å². The van der Waals surface area contributed by atoms with Gasteiger partial charge in [-0.1, -0.05) is 6.07 Å². The minimum absolute atomic E-state index is 0.224. The maximum Gasteiger partial charge on any atom is 0.546 e. The van der Waals surface area contributed by atoms with Gasteiger partial charge in [-0.25, -0.2) is 0 Å². The number of benzene rings is 1. The quantitative estimate of drug-likeness (QED) is 0.501. The van der Waals surface area contributed by atoms with Crippen LogP contribution in [0.25, 0.3) is 11.1 Å². The summed E-state index contributed by atoms with van der Waals surface area (Å²) in [7, 11) is 0. The summed E-state index contributed by atoms with van der Waals surface area (Å²) in [6, 6.07) is 5.91. The van der Waals surface area contributed by atoms with Crippen LogP contribution < -0.4 is 0 Å². The second kappa shape index (κ2) is 2.81. The number of aromatic nitrogens is 1. The molecule has 0 saturated heterocycles. The van der Waals surface area contributed by atoms with Crippen molar-refractivity contribution in [1.29, 1.82) is 5.26 Å². The first kappa shape index (κ1) is 8.19. The van der Waals surface area contributed by atoms with Gasteiger partial charge in [-0.3, -0.25) is 0 Å². The lowest BCUT2D eigenvalue weighted by Gasteiger charge is -1.82. The van der Waals surface area contributed by atoms with E-state index in [1.54, 1.807) is 6.07 Å². The number of nitro groups is 1. The third-order valence-corrected chi connectivity index (χ3v) is 1.68. The van der Waals surface area contributed by atoms with Crippen LogP contribution in [0.4, 0.5) is 6.01 Å². The Labute approximate surface area is 77.5 Å². The molecule has 0 bridgehead atoms. The van der Waals surface area contributed by atoms with Gasteiger partial charge in [0, 0.05) is 9.91 Å². The molecular formula is C8H3N3O3. The molecule has 0 atom stereocenters. The van der Waals surface area contributed by atoms with Crippen LogP contribution >= 0.6 is 0 Å². The van der Waals surface area contributed by atoms with Crippen molar-refractivity contribution in [3.63, 3.8) is 0 Å². The number of hydrogen-bond donors (Lipinski definition) is 0. The summed E-state index contributed by atoms with van der Waals surface area (Å²) in [5.74, 6) is 0. The summed E-state index contributed by atoms with van der Waals surface area (Å²) in [5, 5.41) is 19.0. The first-order chi connectivity index (χ1) is 6.72. The summed E-state index contributed by atoms with van der Waals surface area (Å²) in [6.07, 6.45) is 0. The summed E-state index contributed by atoms with van der Waals surface area (Å²) >= 11 is 0. The monoisotopic (exact) mass is 189 g/mol. The molecule has 6 heteroatoms. The van der Waals surface area contributed by atoms with E-state index in [1.807, 2.05) is 6.07 Å². The number of rotatable bonds is 1. The summed E-state index contributed by atoms with van der Waals surface area (Å²) < 4.78 is 4.81. The second-order valence-electron chi connectivity index (χ2n) is 2.52. The lowest BCUT2D eigenvalue weighted by molar-refractivity contribution is -0.406. The van der Waals surface area contributed by atoms with Crippen LogP contribution in [0.3, 0.4) is 0 Å². The highest BCUT2D eigenvalue weighted by molar-refractivity contribution is 5.80. The van der Waals surface area contributed by atoms with Gasteiger partial charge in [0.1, 0.15) is 11.6 Å². The molecule has 0 fully saturated rings. The molecular weight excluding hydrogens is 186 g/mol. The SMILES string of the molecule is N#Cc1cccc2oc([N+](=O)[O-])nc12. The first-order valence-corrected chi connectivity index (χ1v) is 3.66. The molecule has 0 unspecified atom stereocenters. The van der Waals surface area contributed by atoms with Crippen molar-refractivity contribution in [2.75, 3.05) is 0 Å². The van der Waals surface area contributed by atoms with E-state index < -0.39 is 10.9 Å². The van der Waals surface area contributed by atoms with Crippen molar-refractivity contribution in [2.24, 2.45) is 0 Å². The molecule has 2 rings (SSSR count). The van der Waals surface area contributed by atoms with E-state index in [-0.39, 0.29) is 16.7 Å². The molecule has 1 aromatic carbocycles. The number of fused-ring (bicyclic) bond motifs is 1. The molecule has 0 aliphatic rings. The standard InChI is InChI=1S/C8H3N3O3/c9-4-5-2-1-3-6-7(5)10-8(14-6)11(12)13/h1-3H. The van der Waals surface area contributed by atoms with Crippen molar-refractivity contribution in [3.05, 3.63) is 33.9 Å². The third kappa shape index (κ3) is 1.08. The highest BCUT2D eigenvalue weighted by atomic mass is 16.7. The zero-order valence-electron chi connectivity index (χ0n) is 6.80. The first-order valence-electron chi connectivity index (χ1n) is 3.66. The third-order valence-electron chi connectivity index (χ3n) is 1.68. The summed E-state index contributed by atoms with van der Waals surface area (Å²) in [4.78, 5) is 13.2. The van der Waals surface area contributed by atoms with E-state index in [1.165, 1.54) is 12.1 Å². The van der Waals surface area contributed by atoms with E-state index >= 15 is 0 Å². The van der Waals surface area contributed by atoms with Crippen LogP contribution in [0, 0.1) is 21.4 Å². The Hall–Kier alpha value is -2.42. The fraction of sp³-hybridized carbons (Fsp3) is 0. The number of para-hydroxylation sites is 1. The smallest absolute Gasteiger partial charge is 0.381 e. The molecule has 0 N–H and O–H groups in total. The van der Waals surface area contributed by atoms with Crippen LogP contribution in [0.1, 0.15) is 5.56 Å². The fourth-order valence-corrected chi connectivity index (χ4v) is 1.11. The van der Waals surface area contributed by atoms with Crippen molar-refractivity contribution in [1.82, 2.24) is 4.98 Å². The molecule has 0 spiro atoms. The molecule has 0 aliphatic heterocycles. The zero-order valence-corrected chi connectivity index (χ0v) is 6.80. The van der Waals surface area contributed by atoms with Gasteiger partial charge in [0.15, 0.2) is 5.58 Å². The van der Waals surface area contributed by atoms with Crippen molar-refractivity contribution >= 4 is 17.1 Å². The van der Waals surface area contributed by atoms with Gasteiger partial charge >= 0.3 is 6.01 Å². The van der Waals surface area contributed by atoms with Gasteiger partial charge in [0.25, 0.3) is 0 Å². The van der Waals surface area contributed by atoms with Crippen LogP contribution in [0.2, 0.25) is 0 Å². The molecule has 0 saturated carbocycles. The number of nitrogens with zero attached hydrogens (tertiary/aromatic N) is 3. The fourth-order valence-electron chi connectivity index (χ4n) is 1.11. The Morgan fingerprint density at radius 2 is 2.36 bits per heavy atom. The van der Waals surface area contributed by atoms with Crippen LogP contribution in [-0.4, -0.2) is 9.91 Å². The molecule has 14 heavy (non-hydrogen) atoms. The van der Waals surface area contributed by atoms with Crippen LogP contribution in [0.15, 0.2) is 22.6 Å². The largest absolute Gasteiger partial charge is 0.546 e. The average Bonchev–Trinajstić information content (AvgIpc) is 2.60. The minimum atomic E-state index is -0.735. The van der Waals surface area contributed by atoms with E-state index in [9.17, 15) is 10.1 Å². The Morgan fingerprint density at radius 1 is 1.57 bits per heavy atom. The lowest BCUT2D eigenvalue weighted by atomic mass is 10.2. The van der Waals surface area contributed by atoms with Crippen molar-refractivity contribution in [2.45, 2.75) is 0 Å². The number of nitriles is 1. The maximum atomic E-state index is 10.3. The van der Waals surface area contributed by atoms with Gasteiger partial charge in [-0.2, -0.15) is 5.26 Å². The average molecular weight is 189 g/mol. The normalized spacial score (nSPS) is 9.93. The highest BCUT2D eigenvalue weighted by Crippen LogP contribution is 2.22. The predicted octanol–water partition coefficient (Wildman–Crippen LogP) is 1.61. The van der Waals surface area contributed by atoms with E-state index in [0.717, 1.165) is 0 Å². The second-order valence-corrected chi connectivity index (χ2v) is 2.52. The lowest BCUT2D eigenvalue weighted by Crippen LogP contribution is -1.86. The van der Waals surface area contributed by atoms with Gasteiger partial charge < -0.3 is 14.5 Å². The van der Waals surface area contributed by atoms with Gasteiger partial charge in [0.05, 0.1) is 0 Å². The Morgan fingerprint density at radius 3 is 3.00 bits per heavy atom. The summed E-state index contributed by atoms with van der Waals surface area (Å²) in [5.41, 5.74) is 0.733. The Kier molecular flexibility index (Phi) is 1.65. The van der Waals surface area contributed by atoms with Gasteiger partial charge in [-0.15, -0.1) is 0 Å². The minimum Gasteiger partial charge on any atom is -0.381 e. The molecule has 68 valence electrons. The Balaban J connectivity index is 2.78. The molecule has 2 aromatic rings. The molecule has 0 radical (unpaired) electrons. The highest BCUT2D eigenvalue weighted by Gasteiger charge is 2.19. The van der Waals surface area contributed by atoms with Gasteiger partial charge in [0.2, 0.25) is 5.52 Å². The topological polar surface area (TPSA) is 93.0 Å². The maximum absolute atomic E-state index is 10.3. The van der Waals surface area contributed by atoms with E-state index in [2.05, 4.69) is 4.98 Å². The van der Waals surface area contributed by atoms with E-state index in [4.69, 9.17) is 9.68 Å². The molecule has 6 nitrogen and oxygen atoms in total. The molecule has 0 aliphatic carbocycles. The zero-order chi connectivity index (χ0) is 10.1. The molecule has 0 amide bonds. The number of oxazole rings is 1. The van der Waals surface area contributed by atoms with Gasteiger partial charge in [-0.05, 0) is 12.1 Å². The molecule has 1 heterocycles. The predicted molar refractivity (Wildman–Crippen MR) is 45.4 cm³/mol. The van der Waals surface area contributed by atoms with E-state index in [0.29, 0.717) is 0 Å². The van der Waals surface area contributed by atoms with Crippen LogP contribution in [-0.2, 0) is 0 Å². The van der Waals surface area contributed by atoms with Crippen LogP contribution in [0.5, 0.6) is 0 Å². The van der Waals surface area contributed by atoms with Crippen molar-refractivity contribution in [3.8, 4) is 6.07 Å². The number of hydrogen-bond acceptors (Lipinski definition) is 5.